The van der Waals surface area contributed by atoms with E-state index in [0.29, 0.717) is 0 Å². The quantitative estimate of drug-likeness (QED) is 0.790. The van der Waals surface area contributed by atoms with Gasteiger partial charge in [0.15, 0.2) is 0 Å². The van der Waals surface area contributed by atoms with E-state index in [1.54, 1.807) is 0 Å². The minimum absolute atomic E-state index is 0.238. The van der Waals surface area contributed by atoms with Crippen molar-refractivity contribution in [1.82, 2.24) is 9.47 Å². The van der Waals surface area contributed by atoms with Gasteiger partial charge >= 0.3 is 0 Å². The third kappa shape index (κ3) is 2.66. The van der Waals surface area contributed by atoms with Crippen molar-refractivity contribution in [3.8, 4) is 0 Å². The fraction of sp³-hybridized carbons (Fsp3) is 0.692. The minimum Gasteiger partial charge on any atom is -0.388 e. The van der Waals surface area contributed by atoms with Crippen molar-refractivity contribution in [3.63, 3.8) is 0 Å². The lowest BCUT2D eigenvalue weighted by molar-refractivity contribution is 0.166. The Bertz CT molecular complexity index is 344. The lowest BCUT2D eigenvalue weighted by Gasteiger charge is -2.10. The first-order chi connectivity index (χ1) is 7.66. The zero-order valence-corrected chi connectivity index (χ0v) is 10.3. The average Bonchev–Trinajstić information content (AvgIpc) is 2.57. The van der Waals surface area contributed by atoms with Gasteiger partial charge in [-0.1, -0.05) is 6.42 Å². The highest BCUT2D eigenvalue weighted by Crippen LogP contribution is 2.29. The van der Waals surface area contributed by atoms with Crippen LogP contribution in [0.5, 0.6) is 0 Å². The number of likely N-dealkylation sites (N-methyl/N-ethyl adjacent to an activating group) is 1. The van der Waals surface area contributed by atoms with Gasteiger partial charge in [0.25, 0.3) is 0 Å². The fourth-order valence-corrected chi connectivity index (χ4v) is 2.34. The molecule has 0 saturated heterocycles. The molecule has 0 aromatic carbocycles. The molecular formula is C13H22N2O. The van der Waals surface area contributed by atoms with Gasteiger partial charge in [0.2, 0.25) is 0 Å². The zero-order valence-electron chi connectivity index (χ0n) is 10.3. The van der Waals surface area contributed by atoms with Crippen LogP contribution in [0.3, 0.4) is 0 Å². The summed E-state index contributed by atoms with van der Waals surface area (Å²) in [5.41, 5.74) is 2.51. The largest absolute Gasteiger partial charge is 0.388 e. The first-order valence-corrected chi connectivity index (χ1v) is 6.18. The molecule has 3 heteroatoms. The molecule has 1 aliphatic carbocycles. The molecule has 3 nitrogen and oxygen atoms in total. The molecule has 1 aliphatic rings. The number of nitrogens with zero attached hydrogens (tertiary/aromatic N) is 2. The molecule has 1 atom stereocenters. The second kappa shape index (κ2) is 5.02. The predicted octanol–water partition coefficient (Wildman–Crippen LogP) is 1.81. The summed E-state index contributed by atoms with van der Waals surface area (Å²) in [6.45, 7) is 2.05. The van der Waals surface area contributed by atoms with E-state index in [-0.39, 0.29) is 6.10 Å². The monoisotopic (exact) mass is 222 g/mol. The first-order valence-electron chi connectivity index (χ1n) is 6.18. The summed E-state index contributed by atoms with van der Waals surface area (Å²) in [6, 6.07) is 0. The highest BCUT2D eigenvalue weighted by atomic mass is 16.3. The van der Waals surface area contributed by atoms with E-state index < -0.39 is 0 Å². The number of aromatic nitrogens is 1. The van der Waals surface area contributed by atoms with Gasteiger partial charge < -0.3 is 14.6 Å². The van der Waals surface area contributed by atoms with Crippen molar-refractivity contribution in [2.75, 3.05) is 20.6 Å². The number of aliphatic hydroxyl groups is 1. The molecule has 16 heavy (non-hydrogen) atoms. The van der Waals surface area contributed by atoms with E-state index in [0.717, 1.165) is 37.9 Å². The molecule has 0 spiro atoms. The molecule has 1 unspecified atom stereocenters. The maximum absolute atomic E-state index is 10.0. The van der Waals surface area contributed by atoms with Crippen molar-refractivity contribution < 1.29 is 5.11 Å². The second-order valence-corrected chi connectivity index (χ2v) is 5.04. The first kappa shape index (κ1) is 11.7. The van der Waals surface area contributed by atoms with E-state index in [2.05, 4.69) is 36.0 Å². The molecule has 1 heterocycles. The Morgan fingerprint density at radius 2 is 2.19 bits per heavy atom. The van der Waals surface area contributed by atoms with Gasteiger partial charge in [-0.3, -0.25) is 0 Å². The smallest absolute Gasteiger partial charge is 0.0807 e. The topological polar surface area (TPSA) is 28.4 Å². The van der Waals surface area contributed by atoms with Gasteiger partial charge in [-0.15, -0.1) is 0 Å². The van der Waals surface area contributed by atoms with Crippen LogP contribution < -0.4 is 0 Å². The Morgan fingerprint density at radius 3 is 2.94 bits per heavy atom. The molecule has 1 aromatic rings. The third-order valence-corrected chi connectivity index (χ3v) is 3.34. The lowest BCUT2D eigenvalue weighted by Crippen LogP contribution is -2.17. The molecule has 0 saturated carbocycles. The SMILES string of the molecule is CN(C)CCn1cc2c(c1)C(O)CCCC2. The van der Waals surface area contributed by atoms with Gasteiger partial charge in [-0.05, 0) is 38.9 Å². The van der Waals surface area contributed by atoms with E-state index in [1.165, 1.54) is 12.0 Å². The van der Waals surface area contributed by atoms with Gasteiger partial charge in [-0.2, -0.15) is 0 Å². The summed E-state index contributed by atoms with van der Waals surface area (Å²) < 4.78 is 2.22. The summed E-state index contributed by atoms with van der Waals surface area (Å²) >= 11 is 0. The standard InChI is InChI=1S/C13H22N2O/c1-14(2)7-8-15-9-11-5-3-4-6-13(16)12(11)10-15/h9-10,13,16H,3-8H2,1-2H3. The Balaban J connectivity index is 2.09. The van der Waals surface area contributed by atoms with Crippen molar-refractivity contribution in [2.24, 2.45) is 0 Å². The van der Waals surface area contributed by atoms with Crippen molar-refractivity contribution in [1.29, 1.82) is 0 Å². The highest BCUT2D eigenvalue weighted by Gasteiger charge is 2.18. The van der Waals surface area contributed by atoms with Crippen LogP contribution in [0.25, 0.3) is 0 Å². The molecule has 1 aromatic heterocycles. The number of aliphatic hydroxyl groups excluding tert-OH is 1. The number of fused-ring (bicyclic) bond motifs is 1. The average molecular weight is 222 g/mol. The number of aryl methyl sites for hydroxylation is 1. The van der Waals surface area contributed by atoms with E-state index >= 15 is 0 Å². The number of hydrogen-bond donors (Lipinski definition) is 1. The Kier molecular flexibility index (Phi) is 3.66. The molecule has 0 fully saturated rings. The summed E-state index contributed by atoms with van der Waals surface area (Å²) in [4.78, 5) is 2.18. The number of hydrogen-bond acceptors (Lipinski definition) is 2. The molecule has 0 aliphatic heterocycles. The van der Waals surface area contributed by atoms with Gasteiger partial charge in [0.05, 0.1) is 6.10 Å². The summed E-state index contributed by atoms with van der Waals surface area (Å²) in [7, 11) is 4.17. The maximum atomic E-state index is 10.0. The molecule has 0 radical (unpaired) electrons. The summed E-state index contributed by atoms with van der Waals surface area (Å²) in [5, 5.41) is 10.0. The third-order valence-electron chi connectivity index (χ3n) is 3.34. The lowest BCUT2D eigenvalue weighted by atomic mass is 10.1. The van der Waals surface area contributed by atoms with Crippen LogP contribution in [0.2, 0.25) is 0 Å². The van der Waals surface area contributed by atoms with Crippen molar-refractivity contribution >= 4 is 0 Å². The highest BCUT2D eigenvalue weighted by molar-refractivity contribution is 5.27. The van der Waals surface area contributed by atoms with Crippen molar-refractivity contribution in [3.05, 3.63) is 23.5 Å². The van der Waals surface area contributed by atoms with Crippen LogP contribution in [-0.4, -0.2) is 35.2 Å². The van der Waals surface area contributed by atoms with Gasteiger partial charge in [0, 0.05) is 31.0 Å². The zero-order chi connectivity index (χ0) is 11.5. The molecule has 0 bridgehead atoms. The van der Waals surface area contributed by atoms with Crippen LogP contribution >= 0.6 is 0 Å². The van der Waals surface area contributed by atoms with Crippen LogP contribution in [-0.2, 0) is 13.0 Å². The molecular weight excluding hydrogens is 200 g/mol. The van der Waals surface area contributed by atoms with Crippen LogP contribution in [0, 0.1) is 0 Å². The second-order valence-electron chi connectivity index (χ2n) is 5.04. The predicted molar refractivity (Wildman–Crippen MR) is 65.5 cm³/mol. The van der Waals surface area contributed by atoms with Gasteiger partial charge in [0.1, 0.15) is 0 Å². The Hall–Kier alpha value is -0.800. The summed E-state index contributed by atoms with van der Waals surface area (Å²) in [5.74, 6) is 0. The van der Waals surface area contributed by atoms with Crippen LogP contribution in [0.1, 0.15) is 36.5 Å². The van der Waals surface area contributed by atoms with E-state index in [1.807, 2.05) is 0 Å². The minimum atomic E-state index is -0.238. The molecule has 90 valence electrons. The maximum Gasteiger partial charge on any atom is 0.0807 e. The Labute approximate surface area is 97.7 Å². The Morgan fingerprint density at radius 1 is 1.38 bits per heavy atom. The van der Waals surface area contributed by atoms with E-state index in [9.17, 15) is 5.11 Å². The number of rotatable bonds is 3. The normalized spacial score (nSPS) is 20.9. The molecule has 1 N–H and O–H groups in total. The van der Waals surface area contributed by atoms with Crippen LogP contribution in [0.4, 0.5) is 0 Å². The molecule has 2 rings (SSSR count). The van der Waals surface area contributed by atoms with Crippen LogP contribution in [0.15, 0.2) is 12.4 Å². The molecule has 0 amide bonds. The summed E-state index contributed by atoms with van der Waals surface area (Å²) in [6.07, 6.45) is 8.52. The fourth-order valence-electron chi connectivity index (χ4n) is 2.34. The van der Waals surface area contributed by atoms with Crippen molar-refractivity contribution in [2.45, 2.75) is 38.3 Å². The van der Waals surface area contributed by atoms with Gasteiger partial charge in [-0.25, -0.2) is 0 Å². The van der Waals surface area contributed by atoms with E-state index in [4.69, 9.17) is 0 Å².